The van der Waals surface area contributed by atoms with Crippen LogP contribution in [0.3, 0.4) is 0 Å². The van der Waals surface area contributed by atoms with Crippen molar-refractivity contribution in [1.29, 1.82) is 0 Å². The minimum absolute atomic E-state index is 0.0585. The van der Waals surface area contributed by atoms with Crippen LogP contribution in [0.1, 0.15) is 19.4 Å². The van der Waals surface area contributed by atoms with Gasteiger partial charge in [-0.1, -0.05) is 13.8 Å². The minimum Gasteiger partial charge on any atom is -0.410 e. The summed E-state index contributed by atoms with van der Waals surface area (Å²) >= 11 is 5.58. The number of aryl methyl sites for hydroxylation is 1. The number of hydrogen-bond acceptors (Lipinski definition) is 5. The number of hydrogen-bond donors (Lipinski definition) is 1. The van der Waals surface area contributed by atoms with Crippen LogP contribution in [-0.2, 0) is 4.79 Å². The molecule has 7 heteroatoms. The van der Waals surface area contributed by atoms with Crippen LogP contribution in [0.15, 0.2) is 18.2 Å². The highest BCUT2D eigenvalue weighted by atomic mass is 35.5. The van der Waals surface area contributed by atoms with Crippen LogP contribution < -0.4 is 14.5 Å². The van der Waals surface area contributed by atoms with E-state index in [1.54, 1.807) is 12.1 Å². The smallest absolute Gasteiger partial charge is 0.410 e. The van der Waals surface area contributed by atoms with Crippen LogP contribution in [0.5, 0.6) is 5.75 Å². The number of ether oxygens (including phenoxy) is 1. The molecule has 0 bridgehead atoms. The summed E-state index contributed by atoms with van der Waals surface area (Å²) in [5, 5.41) is 0. The molecule has 1 aromatic rings. The fraction of sp³-hybridized carbons (Fsp3) is 0.500. The minimum atomic E-state index is -0.746. The first-order valence-electron chi connectivity index (χ1n) is 7.32. The first kappa shape index (κ1) is 19.3. The van der Waals surface area contributed by atoms with Gasteiger partial charge < -0.3 is 9.64 Å². The van der Waals surface area contributed by atoms with Gasteiger partial charge in [-0.15, -0.1) is 0 Å². The summed E-state index contributed by atoms with van der Waals surface area (Å²) in [7, 11) is 5.24. The molecule has 1 atom stereocenters. The lowest BCUT2D eigenvalue weighted by Gasteiger charge is -2.23. The van der Waals surface area contributed by atoms with Gasteiger partial charge in [0.05, 0.1) is 0 Å². The van der Waals surface area contributed by atoms with E-state index in [0.717, 1.165) is 16.2 Å². The molecule has 0 aliphatic rings. The summed E-state index contributed by atoms with van der Waals surface area (Å²) in [5.41, 5.74) is 2.00. The molecule has 0 saturated heterocycles. The van der Waals surface area contributed by atoms with E-state index in [-0.39, 0.29) is 5.92 Å². The first-order valence-corrected chi connectivity index (χ1v) is 7.70. The highest BCUT2D eigenvalue weighted by molar-refractivity contribution is 6.15. The fourth-order valence-corrected chi connectivity index (χ4v) is 2.46. The van der Waals surface area contributed by atoms with E-state index >= 15 is 0 Å². The molecule has 0 fully saturated rings. The van der Waals surface area contributed by atoms with E-state index in [9.17, 15) is 9.59 Å². The van der Waals surface area contributed by atoms with Gasteiger partial charge in [-0.2, -0.15) is 0 Å². The topological polar surface area (TPSA) is 61.9 Å². The molecule has 0 spiro atoms. The fourth-order valence-electron chi connectivity index (χ4n) is 2.12. The maximum absolute atomic E-state index is 12.2. The third-order valence-electron chi connectivity index (χ3n) is 3.51. The largest absolute Gasteiger partial charge is 0.421 e. The van der Waals surface area contributed by atoms with Crippen LogP contribution in [0.25, 0.3) is 0 Å². The van der Waals surface area contributed by atoms with Crippen molar-refractivity contribution in [2.75, 3.05) is 26.0 Å². The van der Waals surface area contributed by atoms with Crippen LogP contribution in [-0.4, -0.2) is 44.1 Å². The number of amides is 2. The third-order valence-corrected chi connectivity index (χ3v) is 3.75. The second-order valence-corrected chi connectivity index (χ2v) is 6.16. The molecule has 1 N–H and O–H groups in total. The summed E-state index contributed by atoms with van der Waals surface area (Å²) in [6, 6.07) is 4.65. The number of nitrogens with zero attached hydrogens (tertiary/aromatic N) is 2. The zero-order valence-electron chi connectivity index (χ0n) is 14.4. The van der Waals surface area contributed by atoms with E-state index in [0.29, 0.717) is 5.75 Å². The van der Waals surface area contributed by atoms with Gasteiger partial charge in [0.2, 0.25) is 5.91 Å². The Morgan fingerprint density at radius 1 is 1.22 bits per heavy atom. The maximum Gasteiger partial charge on any atom is 0.421 e. The maximum atomic E-state index is 12.2. The Balaban J connectivity index is 2.83. The average molecular weight is 342 g/mol. The summed E-state index contributed by atoms with van der Waals surface area (Å²) in [5.74, 6) is -0.115. The van der Waals surface area contributed by atoms with Gasteiger partial charge in [0.1, 0.15) is 11.8 Å². The molecule has 0 saturated carbocycles. The average Bonchev–Trinajstić information content (AvgIpc) is 2.46. The normalized spacial score (nSPS) is 12.0. The molecule has 1 rings (SSSR count). The molecule has 0 radical (unpaired) electrons. The van der Waals surface area contributed by atoms with Crippen molar-refractivity contribution in [2.45, 2.75) is 26.8 Å². The Hall–Kier alpha value is -1.79. The van der Waals surface area contributed by atoms with E-state index in [1.807, 2.05) is 45.8 Å². The van der Waals surface area contributed by atoms with Gasteiger partial charge in [-0.25, -0.2) is 14.5 Å². The van der Waals surface area contributed by atoms with Crippen molar-refractivity contribution in [3.8, 4) is 5.75 Å². The Bertz CT molecular complexity index is 576. The number of likely N-dealkylation sites (N-methyl/N-ethyl adjacent to an activating group) is 1. The predicted octanol–water partition coefficient (Wildman–Crippen LogP) is 2.79. The van der Waals surface area contributed by atoms with Gasteiger partial charge in [0.15, 0.2) is 0 Å². The lowest BCUT2D eigenvalue weighted by molar-refractivity contribution is -0.130. The van der Waals surface area contributed by atoms with E-state index in [1.165, 1.54) is 7.05 Å². The Morgan fingerprint density at radius 3 is 2.26 bits per heavy atom. The van der Waals surface area contributed by atoms with Crippen LogP contribution in [0, 0.1) is 12.8 Å². The van der Waals surface area contributed by atoms with Crippen LogP contribution >= 0.6 is 11.8 Å². The molecule has 0 aromatic heterocycles. The number of halogens is 1. The molecule has 23 heavy (non-hydrogen) atoms. The molecule has 128 valence electrons. The summed E-state index contributed by atoms with van der Waals surface area (Å²) in [6.45, 7) is 5.59. The van der Waals surface area contributed by atoms with Gasteiger partial charge in [-0.05, 0) is 48.4 Å². The van der Waals surface area contributed by atoms with Crippen molar-refractivity contribution in [3.05, 3.63) is 23.8 Å². The molecule has 6 nitrogen and oxygen atoms in total. The van der Waals surface area contributed by atoms with Gasteiger partial charge in [-0.3, -0.25) is 4.79 Å². The van der Waals surface area contributed by atoms with Crippen molar-refractivity contribution in [1.82, 2.24) is 9.74 Å². The monoisotopic (exact) mass is 341 g/mol. The van der Waals surface area contributed by atoms with E-state index in [4.69, 9.17) is 16.5 Å². The SMILES string of the molecule is Cc1cc(OC(=O)N(C)C(=O)C(NCl)C(C)C)ccc1N(C)C. The molecule has 0 aliphatic carbocycles. The standard InChI is InChI=1S/C16H24ClN3O3/c1-10(2)14(18-17)15(21)20(6)16(22)23-12-7-8-13(19(4)5)11(3)9-12/h7-10,14,18H,1-6H3. The molecule has 0 aliphatic heterocycles. The number of carbonyl (C=O) groups is 2. The van der Waals surface area contributed by atoms with Gasteiger partial charge in [0.25, 0.3) is 0 Å². The molecule has 0 heterocycles. The zero-order chi connectivity index (χ0) is 17.7. The Labute approximate surface area is 142 Å². The molecule has 2 amide bonds. The summed E-state index contributed by atoms with van der Waals surface area (Å²) in [4.78, 5) is 29.6. The van der Waals surface area contributed by atoms with Crippen molar-refractivity contribution >= 4 is 29.5 Å². The quantitative estimate of drug-likeness (QED) is 0.834. The van der Waals surface area contributed by atoms with E-state index in [2.05, 4.69) is 4.84 Å². The number of nitrogens with one attached hydrogen (secondary N) is 1. The van der Waals surface area contributed by atoms with Gasteiger partial charge >= 0.3 is 6.09 Å². The second kappa shape index (κ2) is 8.17. The number of benzene rings is 1. The highest BCUT2D eigenvalue weighted by Gasteiger charge is 2.29. The third kappa shape index (κ3) is 4.84. The summed E-state index contributed by atoms with van der Waals surface area (Å²) in [6.07, 6.45) is -0.746. The predicted molar refractivity (Wildman–Crippen MR) is 91.9 cm³/mol. The number of rotatable bonds is 5. The summed E-state index contributed by atoms with van der Waals surface area (Å²) < 4.78 is 5.26. The highest BCUT2D eigenvalue weighted by Crippen LogP contribution is 2.23. The Kier molecular flexibility index (Phi) is 6.84. The molecule has 1 unspecified atom stereocenters. The molecule has 1 aromatic carbocycles. The second-order valence-electron chi connectivity index (χ2n) is 5.94. The van der Waals surface area contributed by atoms with Gasteiger partial charge in [0, 0.05) is 26.8 Å². The van der Waals surface area contributed by atoms with Crippen molar-refractivity contribution in [3.63, 3.8) is 0 Å². The lowest BCUT2D eigenvalue weighted by atomic mass is 10.0. The molecular formula is C16H24ClN3O3. The number of carbonyl (C=O) groups excluding carboxylic acids is 2. The zero-order valence-corrected chi connectivity index (χ0v) is 15.1. The van der Waals surface area contributed by atoms with Crippen molar-refractivity contribution < 1.29 is 14.3 Å². The number of imide groups is 1. The van der Waals surface area contributed by atoms with Crippen LogP contribution in [0.4, 0.5) is 10.5 Å². The lowest BCUT2D eigenvalue weighted by Crippen LogP contribution is -2.48. The van der Waals surface area contributed by atoms with Crippen molar-refractivity contribution in [2.24, 2.45) is 5.92 Å². The first-order chi connectivity index (χ1) is 10.7. The molecular weight excluding hydrogens is 318 g/mol. The van der Waals surface area contributed by atoms with Crippen LogP contribution in [0.2, 0.25) is 0 Å². The Morgan fingerprint density at radius 2 is 1.83 bits per heavy atom. The number of anilines is 1. The van der Waals surface area contributed by atoms with E-state index < -0.39 is 18.0 Å².